The molecule has 21 heavy (non-hydrogen) atoms. The second-order valence-corrected chi connectivity index (χ2v) is 5.96. The molecule has 0 spiro atoms. The SMILES string of the molecule is Cc1c(C(F)(F)F)cccc1S(=O)(=O)NCCOCCN. The molecule has 0 aliphatic carbocycles. The maximum Gasteiger partial charge on any atom is 0.416 e. The van der Waals surface area contributed by atoms with Crippen LogP contribution in [0.4, 0.5) is 13.2 Å². The summed E-state index contributed by atoms with van der Waals surface area (Å²) in [5.41, 5.74) is 3.89. The van der Waals surface area contributed by atoms with Crippen LogP contribution in [-0.4, -0.2) is 34.7 Å². The first-order valence-electron chi connectivity index (χ1n) is 6.14. The van der Waals surface area contributed by atoms with Crippen molar-refractivity contribution in [1.82, 2.24) is 4.72 Å². The minimum Gasteiger partial charge on any atom is -0.379 e. The van der Waals surface area contributed by atoms with Crippen LogP contribution in [0.25, 0.3) is 0 Å². The van der Waals surface area contributed by atoms with Gasteiger partial charge in [0.25, 0.3) is 0 Å². The molecular formula is C12H17F3N2O3S. The zero-order chi connectivity index (χ0) is 16.1. The van der Waals surface area contributed by atoms with E-state index in [1.807, 2.05) is 0 Å². The first-order chi connectivity index (χ1) is 9.70. The van der Waals surface area contributed by atoms with Crippen LogP contribution in [0.3, 0.4) is 0 Å². The van der Waals surface area contributed by atoms with Gasteiger partial charge in [-0.25, -0.2) is 13.1 Å². The quantitative estimate of drug-likeness (QED) is 0.739. The Labute approximate surface area is 121 Å². The zero-order valence-electron chi connectivity index (χ0n) is 11.4. The van der Waals surface area contributed by atoms with Gasteiger partial charge in [-0.05, 0) is 24.6 Å². The van der Waals surface area contributed by atoms with Crippen molar-refractivity contribution in [2.45, 2.75) is 18.0 Å². The molecular weight excluding hydrogens is 309 g/mol. The highest BCUT2D eigenvalue weighted by Gasteiger charge is 2.34. The molecule has 120 valence electrons. The molecule has 0 radical (unpaired) electrons. The summed E-state index contributed by atoms with van der Waals surface area (Å²) >= 11 is 0. The van der Waals surface area contributed by atoms with Crippen LogP contribution in [-0.2, 0) is 20.9 Å². The standard InChI is InChI=1S/C12H17F3N2O3S/c1-9-10(12(13,14)15)3-2-4-11(9)21(18,19)17-6-8-20-7-5-16/h2-4,17H,5-8,16H2,1H3. The van der Waals surface area contributed by atoms with E-state index in [9.17, 15) is 21.6 Å². The second kappa shape index (κ2) is 7.21. The fourth-order valence-electron chi connectivity index (χ4n) is 1.72. The Morgan fingerprint density at radius 2 is 1.95 bits per heavy atom. The Morgan fingerprint density at radius 3 is 2.52 bits per heavy atom. The Hall–Kier alpha value is -1.16. The Bertz CT molecular complexity index is 574. The van der Waals surface area contributed by atoms with Gasteiger partial charge in [0, 0.05) is 13.1 Å². The van der Waals surface area contributed by atoms with Crippen LogP contribution < -0.4 is 10.5 Å². The first-order valence-corrected chi connectivity index (χ1v) is 7.62. The number of nitrogens with two attached hydrogens (primary N) is 1. The molecule has 0 aromatic heterocycles. The summed E-state index contributed by atoms with van der Waals surface area (Å²) in [4.78, 5) is -0.392. The maximum atomic E-state index is 12.8. The summed E-state index contributed by atoms with van der Waals surface area (Å²) in [7, 11) is -4.02. The van der Waals surface area contributed by atoms with Crippen molar-refractivity contribution in [3.05, 3.63) is 29.3 Å². The van der Waals surface area contributed by atoms with Gasteiger partial charge in [0.15, 0.2) is 0 Å². The van der Waals surface area contributed by atoms with Gasteiger partial charge in [-0.15, -0.1) is 0 Å². The molecule has 3 N–H and O–H groups in total. The van der Waals surface area contributed by atoms with Crippen molar-refractivity contribution in [2.24, 2.45) is 5.73 Å². The fraction of sp³-hybridized carbons (Fsp3) is 0.500. The van der Waals surface area contributed by atoms with E-state index in [0.717, 1.165) is 25.1 Å². The number of benzene rings is 1. The van der Waals surface area contributed by atoms with E-state index in [2.05, 4.69) is 4.72 Å². The third-order valence-electron chi connectivity index (χ3n) is 2.68. The number of halogens is 3. The molecule has 0 bridgehead atoms. The summed E-state index contributed by atoms with van der Waals surface area (Å²) in [6.45, 7) is 1.76. The van der Waals surface area contributed by atoms with Crippen LogP contribution in [0.15, 0.2) is 23.1 Å². The lowest BCUT2D eigenvalue weighted by molar-refractivity contribution is -0.138. The van der Waals surface area contributed by atoms with Crippen molar-refractivity contribution in [1.29, 1.82) is 0 Å². The molecule has 0 saturated carbocycles. The van der Waals surface area contributed by atoms with Gasteiger partial charge in [-0.1, -0.05) is 6.07 Å². The predicted octanol–water partition coefficient (Wildman–Crippen LogP) is 1.27. The monoisotopic (exact) mass is 326 g/mol. The molecule has 1 rings (SSSR count). The molecule has 0 amide bonds. The van der Waals surface area contributed by atoms with Crippen LogP contribution in [0, 0.1) is 6.92 Å². The molecule has 5 nitrogen and oxygen atoms in total. The molecule has 1 aromatic carbocycles. The lowest BCUT2D eigenvalue weighted by Gasteiger charge is -2.14. The van der Waals surface area contributed by atoms with Gasteiger partial charge in [-0.2, -0.15) is 13.2 Å². The highest BCUT2D eigenvalue weighted by Crippen LogP contribution is 2.33. The zero-order valence-corrected chi connectivity index (χ0v) is 12.2. The van der Waals surface area contributed by atoms with E-state index in [0.29, 0.717) is 6.54 Å². The number of hydrogen-bond acceptors (Lipinski definition) is 4. The minimum absolute atomic E-state index is 0.0436. The highest BCUT2D eigenvalue weighted by molar-refractivity contribution is 7.89. The number of rotatable bonds is 7. The van der Waals surface area contributed by atoms with Gasteiger partial charge >= 0.3 is 6.18 Å². The van der Waals surface area contributed by atoms with Crippen molar-refractivity contribution in [3.8, 4) is 0 Å². The van der Waals surface area contributed by atoms with Gasteiger partial charge in [-0.3, -0.25) is 0 Å². The van der Waals surface area contributed by atoms with E-state index in [4.69, 9.17) is 10.5 Å². The molecule has 0 saturated heterocycles. The number of alkyl halides is 3. The van der Waals surface area contributed by atoms with E-state index >= 15 is 0 Å². The van der Waals surface area contributed by atoms with Gasteiger partial charge in [0.1, 0.15) is 0 Å². The Kier molecular flexibility index (Phi) is 6.14. The molecule has 9 heteroatoms. The topological polar surface area (TPSA) is 81.4 Å². The van der Waals surface area contributed by atoms with E-state index in [1.54, 1.807) is 0 Å². The van der Waals surface area contributed by atoms with Crippen molar-refractivity contribution < 1.29 is 26.3 Å². The average Bonchev–Trinajstić information content (AvgIpc) is 2.37. The molecule has 0 aliphatic heterocycles. The second-order valence-electron chi connectivity index (χ2n) is 4.23. The number of sulfonamides is 1. The summed E-state index contributed by atoms with van der Waals surface area (Å²) in [6.07, 6.45) is -4.60. The number of nitrogens with one attached hydrogen (secondary N) is 1. The highest BCUT2D eigenvalue weighted by atomic mass is 32.2. The largest absolute Gasteiger partial charge is 0.416 e. The summed E-state index contributed by atoms with van der Waals surface area (Å²) in [6, 6.07) is 3.04. The molecule has 0 fully saturated rings. The minimum atomic E-state index is -4.60. The molecule has 0 heterocycles. The fourth-order valence-corrected chi connectivity index (χ4v) is 3.00. The molecule has 0 aliphatic rings. The van der Waals surface area contributed by atoms with Crippen LogP contribution in [0.5, 0.6) is 0 Å². The van der Waals surface area contributed by atoms with Crippen molar-refractivity contribution in [2.75, 3.05) is 26.3 Å². The lowest BCUT2D eigenvalue weighted by atomic mass is 10.1. The Morgan fingerprint density at radius 1 is 1.29 bits per heavy atom. The normalized spacial score (nSPS) is 12.6. The van der Waals surface area contributed by atoms with Gasteiger partial charge in [0.05, 0.1) is 23.7 Å². The number of ether oxygens (including phenoxy) is 1. The van der Waals surface area contributed by atoms with Crippen molar-refractivity contribution >= 4 is 10.0 Å². The van der Waals surface area contributed by atoms with E-state index < -0.39 is 26.7 Å². The van der Waals surface area contributed by atoms with Gasteiger partial charge in [0.2, 0.25) is 10.0 Å². The van der Waals surface area contributed by atoms with Crippen LogP contribution in [0.2, 0.25) is 0 Å². The van der Waals surface area contributed by atoms with E-state index in [-0.39, 0.29) is 25.3 Å². The summed E-state index contributed by atoms with van der Waals surface area (Å²) < 4.78 is 69.5. The maximum absolute atomic E-state index is 12.8. The molecule has 1 aromatic rings. The number of hydrogen-bond donors (Lipinski definition) is 2. The lowest BCUT2D eigenvalue weighted by Crippen LogP contribution is -2.29. The predicted molar refractivity (Wildman–Crippen MR) is 71.2 cm³/mol. The van der Waals surface area contributed by atoms with Crippen LogP contribution >= 0.6 is 0 Å². The van der Waals surface area contributed by atoms with Crippen LogP contribution in [0.1, 0.15) is 11.1 Å². The smallest absolute Gasteiger partial charge is 0.379 e. The summed E-state index contributed by atoms with van der Waals surface area (Å²) in [5, 5.41) is 0. The first kappa shape index (κ1) is 17.9. The Balaban J connectivity index is 2.89. The molecule has 0 unspecified atom stereocenters. The third-order valence-corrected chi connectivity index (χ3v) is 4.29. The third kappa shape index (κ3) is 4.95. The summed E-state index contributed by atoms with van der Waals surface area (Å²) in [5.74, 6) is 0. The van der Waals surface area contributed by atoms with E-state index in [1.165, 1.54) is 0 Å². The van der Waals surface area contributed by atoms with Gasteiger partial charge < -0.3 is 10.5 Å². The van der Waals surface area contributed by atoms with Crippen molar-refractivity contribution in [3.63, 3.8) is 0 Å². The molecule has 0 atom stereocenters. The average molecular weight is 326 g/mol.